The highest BCUT2D eigenvalue weighted by atomic mass is 16.1. The van der Waals surface area contributed by atoms with Crippen molar-refractivity contribution in [2.24, 2.45) is 0 Å². The summed E-state index contributed by atoms with van der Waals surface area (Å²) in [5.41, 5.74) is 5.41. The molecular formula is C16H17NO. The molecule has 0 amide bonds. The molecule has 1 aromatic carbocycles. The van der Waals surface area contributed by atoms with Gasteiger partial charge in [0.2, 0.25) is 0 Å². The summed E-state index contributed by atoms with van der Waals surface area (Å²) >= 11 is 0. The molecule has 0 bridgehead atoms. The smallest absolute Gasteiger partial charge is 0.151 e. The highest BCUT2D eigenvalue weighted by Gasteiger charge is 2.19. The molecule has 0 spiro atoms. The quantitative estimate of drug-likeness (QED) is 0.749. The Morgan fingerprint density at radius 2 is 2.11 bits per heavy atom. The summed E-state index contributed by atoms with van der Waals surface area (Å²) < 4.78 is 0. The van der Waals surface area contributed by atoms with Gasteiger partial charge >= 0.3 is 0 Å². The van der Waals surface area contributed by atoms with Crippen LogP contribution in [0, 0.1) is 0 Å². The van der Waals surface area contributed by atoms with Crippen molar-refractivity contribution >= 4 is 17.2 Å². The number of aromatic nitrogens is 1. The minimum atomic E-state index is 0.474. The first-order chi connectivity index (χ1) is 8.70. The lowest BCUT2D eigenvalue weighted by Gasteiger charge is -2.11. The maximum Gasteiger partial charge on any atom is 0.151 e. The van der Waals surface area contributed by atoms with Crippen molar-refractivity contribution in [2.45, 2.75) is 39.0 Å². The zero-order valence-electron chi connectivity index (χ0n) is 10.9. The van der Waals surface area contributed by atoms with Gasteiger partial charge < -0.3 is 0 Å². The Balaban J connectivity index is 2.34. The number of aryl methyl sites for hydroxylation is 1. The Morgan fingerprint density at radius 3 is 2.83 bits per heavy atom. The van der Waals surface area contributed by atoms with Crippen LogP contribution in [0.3, 0.4) is 0 Å². The number of carbonyl (C=O) groups is 1. The molecule has 0 saturated heterocycles. The standard InChI is InChI=1S/C16H17NO/c1-10(2)11-6-7-16-13(8-11)14(9-18)12-4-3-5-15(12)17-16/h6-10H,3-5H2,1-2H3. The van der Waals surface area contributed by atoms with E-state index in [-0.39, 0.29) is 0 Å². The van der Waals surface area contributed by atoms with Gasteiger partial charge in [-0.25, -0.2) is 0 Å². The normalized spacial score (nSPS) is 14.2. The number of carbonyl (C=O) groups excluding carboxylic acids is 1. The summed E-state index contributed by atoms with van der Waals surface area (Å²) in [5, 5.41) is 1.02. The predicted molar refractivity (Wildman–Crippen MR) is 73.2 cm³/mol. The SMILES string of the molecule is CC(C)c1ccc2nc3c(c(C=O)c2c1)CCC3. The molecule has 18 heavy (non-hydrogen) atoms. The second-order valence-electron chi connectivity index (χ2n) is 5.35. The monoisotopic (exact) mass is 239 g/mol. The maximum absolute atomic E-state index is 11.4. The molecule has 1 heterocycles. The van der Waals surface area contributed by atoms with Crippen LogP contribution in [0.15, 0.2) is 18.2 Å². The molecule has 0 atom stereocenters. The molecule has 1 aliphatic rings. The molecule has 0 N–H and O–H groups in total. The lowest BCUT2D eigenvalue weighted by Crippen LogP contribution is -1.99. The second-order valence-corrected chi connectivity index (χ2v) is 5.35. The number of pyridine rings is 1. The molecular weight excluding hydrogens is 222 g/mol. The van der Waals surface area contributed by atoms with Gasteiger partial charge in [-0.1, -0.05) is 19.9 Å². The third kappa shape index (κ3) is 1.64. The summed E-state index contributed by atoms with van der Waals surface area (Å²) in [6.45, 7) is 4.34. The first-order valence-electron chi connectivity index (χ1n) is 6.61. The van der Waals surface area contributed by atoms with Crippen LogP contribution in [0.5, 0.6) is 0 Å². The van der Waals surface area contributed by atoms with Crippen LogP contribution in [0.4, 0.5) is 0 Å². The van der Waals surface area contributed by atoms with Crippen LogP contribution < -0.4 is 0 Å². The van der Waals surface area contributed by atoms with Crippen LogP contribution in [0.2, 0.25) is 0 Å². The summed E-state index contributed by atoms with van der Waals surface area (Å²) in [5.74, 6) is 0.474. The Kier molecular flexibility index (Phi) is 2.66. The number of benzene rings is 1. The Hall–Kier alpha value is -1.70. The van der Waals surface area contributed by atoms with Crippen LogP contribution in [-0.4, -0.2) is 11.3 Å². The highest BCUT2D eigenvalue weighted by Crippen LogP contribution is 2.30. The van der Waals surface area contributed by atoms with Crippen molar-refractivity contribution in [3.05, 3.63) is 40.6 Å². The highest BCUT2D eigenvalue weighted by molar-refractivity contribution is 5.98. The molecule has 2 aromatic rings. The van der Waals surface area contributed by atoms with Crippen molar-refractivity contribution in [3.8, 4) is 0 Å². The Morgan fingerprint density at radius 1 is 1.28 bits per heavy atom. The van der Waals surface area contributed by atoms with E-state index >= 15 is 0 Å². The van der Waals surface area contributed by atoms with E-state index in [1.165, 1.54) is 11.1 Å². The third-order valence-corrected chi connectivity index (χ3v) is 3.86. The van der Waals surface area contributed by atoms with E-state index in [1.54, 1.807) is 0 Å². The molecule has 92 valence electrons. The van der Waals surface area contributed by atoms with E-state index in [0.29, 0.717) is 5.92 Å². The van der Waals surface area contributed by atoms with Crippen molar-refractivity contribution in [3.63, 3.8) is 0 Å². The van der Waals surface area contributed by atoms with E-state index in [4.69, 9.17) is 4.98 Å². The molecule has 0 radical (unpaired) electrons. The van der Waals surface area contributed by atoms with Gasteiger partial charge in [0.15, 0.2) is 6.29 Å². The number of hydrogen-bond donors (Lipinski definition) is 0. The van der Waals surface area contributed by atoms with E-state index in [1.807, 2.05) is 0 Å². The average Bonchev–Trinajstić information content (AvgIpc) is 2.82. The van der Waals surface area contributed by atoms with Crippen molar-refractivity contribution in [2.75, 3.05) is 0 Å². The maximum atomic E-state index is 11.4. The first-order valence-corrected chi connectivity index (χ1v) is 6.61. The zero-order chi connectivity index (χ0) is 12.7. The average molecular weight is 239 g/mol. The van der Waals surface area contributed by atoms with E-state index in [2.05, 4.69) is 32.0 Å². The van der Waals surface area contributed by atoms with Crippen molar-refractivity contribution in [1.29, 1.82) is 0 Å². The van der Waals surface area contributed by atoms with E-state index in [0.717, 1.165) is 47.7 Å². The van der Waals surface area contributed by atoms with Crippen LogP contribution in [0.25, 0.3) is 10.9 Å². The van der Waals surface area contributed by atoms with Gasteiger partial charge in [-0.15, -0.1) is 0 Å². The second kappa shape index (κ2) is 4.20. The summed E-state index contributed by atoms with van der Waals surface area (Å²) in [6, 6.07) is 6.31. The van der Waals surface area contributed by atoms with Gasteiger partial charge in [0.25, 0.3) is 0 Å². The summed E-state index contributed by atoms with van der Waals surface area (Å²) in [6.07, 6.45) is 4.14. The molecule has 1 aliphatic carbocycles. The van der Waals surface area contributed by atoms with Crippen molar-refractivity contribution < 1.29 is 4.79 Å². The predicted octanol–water partition coefficient (Wildman–Crippen LogP) is 3.66. The topological polar surface area (TPSA) is 30.0 Å². The third-order valence-electron chi connectivity index (χ3n) is 3.86. The van der Waals surface area contributed by atoms with Gasteiger partial charge in [0.1, 0.15) is 0 Å². The molecule has 0 fully saturated rings. The lowest BCUT2D eigenvalue weighted by molar-refractivity contribution is 0.112. The number of hydrogen-bond acceptors (Lipinski definition) is 2. The fourth-order valence-electron chi connectivity index (χ4n) is 2.81. The molecule has 1 aromatic heterocycles. The largest absolute Gasteiger partial charge is 0.298 e. The fraction of sp³-hybridized carbons (Fsp3) is 0.375. The fourth-order valence-corrected chi connectivity index (χ4v) is 2.81. The number of nitrogens with zero attached hydrogens (tertiary/aromatic N) is 1. The first kappa shape index (κ1) is 11.4. The van der Waals surface area contributed by atoms with Crippen LogP contribution in [0.1, 0.15) is 53.4 Å². The van der Waals surface area contributed by atoms with Gasteiger partial charge in [0.05, 0.1) is 5.52 Å². The van der Waals surface area contributed by atoms with Crippen LogP contribution >= 0.6 is 0 Å². The molecule has 0 saturated carbocycles. The molecule has 2 heteroatoms. The minimum absolute atomic E-state index is 0.474. The molecule has 2 nitrogen and oxygen atoms in total. The van der Waals surface area contributed by atoms with Gasteiger partial charge in [0, 0.05) is 16.6 Å². The lowest BCUT2D eigenvalue weighted by atomic mass is 9.96. The van der Waals surface area contributed by atoms with Crippen molar-refractivity contribution in [1.82, 2.24) is 4.98 Å². The zero-order valence-corrected chi connectivity index (χ0v) is 10.9. The van der Waals surface area contributed by atoms with Gasteiger partial charge in [-0.2, -0.15) is 0 Å². The van der Waals surface area contributed by atoms with Gasteiger partial charge in [-0.3, -0.25) is 9.78 Å². The molecule has 0 aliphatic heterocycles. The summed E-state index contributed by atoms with van der Waals surface area (Å²) in [7, 11) is 0. The number of fused-ring (bicyclic) bond motifs is 2. The minimum Gasteiger partial charge on any atom is -0.298 e. The molecule has 0 unspecified atom stereocenters. The Labute approximate surface area is 107 Å². The Bertz CT molecular complexity index is 629. The van der Waals surface area contributed by atoms with Crippen LogP contribution in [-0.2, 0) is 12.8 Å². The number of rotatable bonds is 2. The van der Waals surface area contributed by atoms with E-state index in [9.17, 15) is 4.79 Å². The summed E-state index contributed by atoms with van der Waals surface area (Å²) in [4.78, 5) is 16.1. The molecule has 3 rings (SSSR count). The number of aldehydes is 1. The van der Waals surface area contributed by atoms with Gasteiger partial charge in [-0.05, 0) is 48.4 Å². The van der Waals surface area contributed by atoms with E-state index < -0.39 is 0 Å².